The molecule has 2 amide bonds. The van der Waals surface area contributed by atoms with E-state index in [0.717, 1.165) is 17.7 Å². The van der Waals surface area contributed by atoms with E-state index in [1.54, 1.807) is 18.2 Å². The highest BCUT2D eigenvalue weighted by Gasteiger charge is 2.06. The molecule has 0 spiro atoms. The van der Waals surface area contributed by atoms with Gasteiger partial charge in [0.2, 0.25) is 0 Å². The summed E-state index contributed by atoms with van der Waals surface area (Å²) in [5.41, 5.74) is 5.45. The van der Waals surface area contributed by atoms with Crippen molar-refractivity contribution in [1.82, 2.24) is 10.9 Å². The van der Waals surface area contributed by atoms with E-state index in [1.165, 1.54) is 25.3 Å². The number of para-hydroxylation sites is 1. The first-order valence-electron chi connectivity index (χ1n) is 6.77. The Morgan fingerprint density at radius 2 is 1.74 bits per heavy atom. The van der Waals surface area contributed by atoms with Crippen molar-refractivity contribution in [2.75, 3.05) is 7.11 Å². The predicted octanol–water partition coefficient (Wildman–Crippen LogP) is 2.31. The van der Waals surface area contributed by atoms with Crippen LogP contribution in [0, 0.1) is 5.82 Å². The van der Waals surface area contributed by atoms with E-state index in [-0.39, 0.29) is 5.56 Å². The SMILES string of the molecule is COc1ccccc1/C=C/C(=O)NNC(=O)c1ccc(F)cc1. The summed E-state index contributed by atoms with van der Waals surface area (Å²) in [4.78, 5) is 23.4. The van der Waals surface area contributed by atoms with Crippen LogP contribution in [0.5, 0.6) is 5.75 Å². The molecule has 0 aliphatic heterocycles. The van der Waals surface area contributed by atoms with Crippen LogP contribution in [0.4, 0.5) is 4.39 Å². The number of amides is 2. The van der Waals surface area contributed by atoms with Gasteiger partial charge in [-0.1, -0.05) is 18.2 Å². The van der Waals surface area contributed by atoms with Gasteiger partial charge in [0.25, 0.3) is 11.8 Å². The molecule has 0 unspecified atom stereocenters. The topological polar surface area (TPSA) is 67.4 Å². The van der Waals surface area contributed by atoms with E-state index in [9.17, 15) is 14.0 Å². The molecule has 0 atom stereocenters. The van der Waals surface area contributed by atoms with E-state index in [2.05, 4.69) is 10.9 Å². The smallest absolute Gasteiger partial charge is 0.269 e. The molecule has 2 aromatic rings. The Morgan fingerprint density at radius 1 is 1.04 bits per heavy atom. The first kappa shape index (κ1) is 16.2. The third kappa shape index (κ3) is 4.67. The lowest BCUT2D eigenvalue weighted by Gasteiger charge is -2.06. The Morgan fingerprint density at radius 3 is 2.43 bits per heavy atom. The lowest BCUT2D eigenvalue weighted by atomic mass is 10.2. The van der Waals surface area contributed by atoms with Crippen LogP contribution in [0.1, 0.15) is 15.9 Å². The summed E-state index contributed by atoms with van der Waals surface area (Å²) in [5, 5.41) is 0. The predicted molar refractivity (Wildman–Crippen MR) is 84.0 cm³/mol. The number of hydrazine groups is 1. The molecule has 0 saturated heterocycles. The number of carbonyl (C=O) groups excluding carboxylic acids is 2. The number of methoxy groups -OCH3 is 1. The largest absolute Gasteiger partial charge is 0.496 e. The third-order valence-corrected chi connectivity index (χ3v) is 2.96. The molecule has 0 aliphatic carbocycles. The standard InChI is InChI=1S/C17H15FN2O3/c1-23-15-5-3-2-4-12(15)8-11-16(21)19-20-17(22)13-6-9-14(18)10-7-13/h2-11H,1H3,(H,19,21)(H,20,22)/b11-8+. The molecule has 0 bridgehead atoms. The van der Waals surface area contributed by atoms with Gasteiger partial charge in [0.1, 0.15) is 11.6 Å². The molecule has 6 heteroatoms. The van der Waals surface area contributed by atoms with E-state index < -0.39 is 17.6 Å². The van der Waals surface area contributed by atoms with E-state index >= 15 is 0 Å². The van der Waals surface area contributed by atoms with Crippen molar-refractivity contribution in [3.8, 4) is 5.75 Å². The molecule has 23 heavy (non-hydrogen) atoms. The molecule has 0 fully saturated rings. The lowest BCUT2D eigenvalue weighted by molar-refractivity contribution is -0.117. The molecule has 5 nitrogen and oxygen atoms in total. The second-order valence-electron chi connectivity index (χ2n) is 4.53. The number of carbonyl (C=O) groups is 2. The summed E-state index contributed by atoms with van der Waals surface area (Å²) < 4.78 is 17.9. The van der Waals surface area contributed by atoms with Crippen molar-refractivity contribution in [1.29, 1.82) is 0 Å². The van der Waals surface area contributed by atoms with Crippen LogP contribution >= 0.6 is 0 Å². The molecule has 0 aliphatic rings. The molecular formula is C17H15FN2O3. The average Bonchev–Trinajstić information content (AvgIpc) is 2.58. The first-order chi connectivity index (χ1) is 11.1. The van der Waals surface area contributed by atoms with Crippen molar-refractivity contribution >= 4 is 17.9 Å². The van der Waals surface area contributed by atoms with Gasteiger partial charge in [0.15, 0.2) is 0 Å². The van der Waals surface area contributed by atoms with Gasteiger partial charge >= 0.3 is 0 Å². The Balaban J connectivity index is 1.91. The first-order valence-corrected chi connectivity index (χ1v) is 6.77. The molecule has 2 N–H and O–H groups in total. The number of nitrogens with one attached hydrogen (secondary N) is 2. The minimum Gasteiger partial charge on any atom is -0.496 e. The second kappa shape index (κ2) is 7.74. The zero-order chi connectivity index (χ0) is 16.7. The maximum atomic E-state index is 12.8. The summed E-state index contributed by atoms with van der Waals surface area (Å²) in [6.45, 7) is 0. The molecule has 2 rings (SSSR count). The minimum absolute atomic E-state index is 0.236. The number of halogens is 1. The Labute approximate surface area is 132 Å². The fourth-order valence-electron chi connectivity index (χ4n) is 1.80. The third-order valence-electron chi connectivity index (χ3n) is 2.96. The number of ether oxygens (including phenoxy) is 1. The zero-order valence-electron chi connectivity index (χ0n) is 12.4. The lowest BCUT2D eigenvalue weighted by Crippen LogP contribution is -2.40. The van der Waals surface area contributed by atoms with Crippen molar-refractivity contribution in [2.24, 2.45) is 0 Å². The van der Waals surface area contributed by atoms with Gasteiger partial charge in [-0.3, -0.25) is 20.4 Å². The molecule has 0 aromatic heterocycles. The van der Waals surface area contributed by atoms with Crippen molar-refractivity contribution < 1.29 is 18.7 Å². The van der Waals surface area contributed by atoms with Crippen LogP contribution in [0.15, 0.2) is 54.6 Å². The summed E-state index contributed by atoms with van der Waals surface area (Å²) in [6, 6.07) is 12.2. The second-order valence-corrected chi connectivity index (χ2v) is 4.53. The van der Waals surface area contributed by atoms with Crippen LogP contribution in [0.25, 0.3) is 6.08 Å². The minimum atomic E-state index is -0.538. The van der Waals surface area contributed by atoms with Crippen LogP contribution < -0.4 is 15.6 Å². The molecule has 0 radical (unpaired) electrons. The van der Waals surface area contributed by atoms with Crippen molar-refractivity contribution in [3.05, 3.63) is 71.6 Å². The van der Waals surface area contributed by atoms with Gasteiger partial charge in [-0.25, -0.2) is 4.39 Å². The summed E-state index contributed by atoms with van der Waals surface area (Å²) in [6.07, 6.45) is 2.83. The highest BCUT2D eigenvalue weighted by atomic mass is 19.1. The van der Waals surface area contributed by atoms with Crippen molar-refractivity contribution in [3.63, 3.8) is 0 Å². The molecule has 0 saturated carbocycles. The summed E-state index contributed by atoms with van der Waals surface area (Å²) in [5.74, 6) is -0.854. The highest BCUT2D eigenvalue weighted by Crippen LogP contribution is 2.18. The molecule has 118 valence electrons. The Kier molecular flexibility index (Phi) is 5.46. The van der Waals surface area contributed by atoms with Crippen LogP contribution in [0.3, 0.4) is 0 Å². The van der Waals surface area contributed by atoms with Crippen LogP contribution in [-0.4, -0.2) is 18.9 Å². The fourth-order valence-corrected chi connectivity index (χ4v) is 1.80. The van der Waals surface area contributed by atoms with Crippen LogP contribution in [-0.2, 0) is 4.79 Å². The monoisotopic (exact) mass is 314 g/mol. The average molecular weight is 314 g/mol. The Bertz CT molecular complexity index is 727. The van der Waals surface area contributed by atoms with Gasteiger partial charge < -0.3 is 4.74 Å². The molecular weight excluding hydrogens is 299 g/mol. The van der Waals surface area contributed by atoms with E-state index in [1.807, 2.05) is 12.1 Å². The maximum Gasteiger partial charge on any atom is 0.269 e. The van der Waals surface area contributed by atoms with Gasteiger partial charge in [-0.15, -0.1) is 0 Å². The number of hydrogen-bond acceptors (Lipinski definition) is 3. The van der Waals surface area contributed by atoms with Crippen LogP contribution in [0.2, 0.25) is 0 Å². The van der Waals surface area contributed by atoms with Gasteiger partial charge in [-0.05, 0) is 36.4 Å². The maximum absolute atomic E-state index is 12.8. The Hall–Kier alpha value is -3.15. The van der Waals surface area contributed by atoms with Gasteiger partial charge in [0, 0.05) is 17.2 Å². The highest BCUT2D eigenvalue weighted by molar-refractivity contribution is 5.98. The van der Waals surface area contributed by atoms with E-state index in [4.69, 9.17) is 4.74 Å². The summed E-state index contributed by atoms with van der Waals surface area (Å²) >= 11 is 0. The molecule has 0 heterocycles. The quantitative estimate of drug-likeness (QED) is 0.672. The van der Waals surface area contributed by atoms with Crippen molar-refractivity contribution in [2.45, 2.75) is 0 Å². The zero-order valence-corrected chi connectivity index (χ0v) is 12.4. The van der Waals surface area contributed by atoms with E-state index in [0.29, 0.717) is 5.75 Å². The number of rotatable bonds is 4. The normalized spacial score (nSPS) is 10.3. The fraction of sp³-hybridized carbons (Fsp3) is 0.0588. The number of hydrogen-bond donors (Lipinski definition) is 2. The number of benzene rings is 2. The molecule has 2 aromatic carbocycles. The van der Waals surface area contributed by atoms with Gasteiger partial charge in [-0.2, -0.15) is 0 Å². The summed E-state index contributed by atoms with van der Waals surface area (Å²) in [7, 11) is 1.54. The van der Waals surface area contributed by atoms with Gasteiger partial charge in [0.05, 0.1) is 7.11 Å².